The molecular weight excluding hydrogens is 276 g/mol. The molecule has 1 aromatic rings. The summed E-state index contributed by atoms with van der Waals surface area (Å²) in [6.45, 7) is 2.70. The summed E-state index contributed by atoms with van der Waals surface area (Å²) < 4.78 is 0. The number of rotatable bonds is 5. The normalized spacial score (nSPS) is 16.9. The number of nitrogens with one attached hydrogen (secondary N) is 2. The molecule has 2 rings (SSSR count). The van der Waals surface area contributed by atoms with Crippen LogP contribution in [0, 0.1) is 12.3 Å². The molecule has 1 aliphatic carbocycles. The minimum absolute atomic E-state index is 0.206. The summed E-state index contributed by atoms with van der Waals surface area (Å²) in [7, 11) is 0. The molecule has 0 atom stereocenters. The molecule has 0 saturated heterocycles. The number of carbonyl (C=O) groups excluding carboxylic acids is 1. The van der Waals surface area contributed by atoms with Gasteiger partial charge in [-0.25, -0.2) is 4.79 Å². The summed E-state index contributed by atoms with van der Waals surface area (Å²) in [5.74, 6) is -0.802. The lowest BCUT2D eigenvalue weighted by molar-refractivity contribution is -0.148. The second-order valence-electron chi connectivity index (χ2n) is 5.34. The van der Waals surface area contributed by atoms with Crippen molar-refractivity contribution in [2.75, 3.05) is 6.54 Å². The van der Waals surface area contributed by atoms with Crippen molar-refractivity contribution in [3.05, 3.63) is 21.9 Å². The molecule has 2 amide bonds. The summed E-state index contributed by atoms with van der Waals surface area (Å²) in [4.78, 5) is 25.4. The number of hydrogen-bond donors (Lipinski definition) is 3. The van der Waals surface area contributed by atoms with Crippen LogP contribution in [0.25, 0.3) is 0 Å². The first-order valence-electron chi connectivity index (χ1n) is 6.82. The predicted molar refractivity (Wildman–Crippen MR) is 77.8 cm³/mol. The Balaban J connectivity index is 1.78. The molecule has 0 radical (unpaired) electrons. The molecule has 110 valence electrons. The zero-order valence-electron chi connectivity index (χ0n) is 11.6. The Kier molecular flexibility index (Phi) is 4.65. The van der Waals surface area contributed by atoms with Crippen LogP contribution in [0.1, 0.15) is 35.4 Å². The fourth-order valence-electron chi connectivity index (χ4n) is 2.58. The maximum Gasteiger partial charge on any atom is 0.315 e. The SMILES string of the molecule is Cc1ccc(CNC(=O)NCC2(C(=O)O)CCCC2)s1. The molecule has 6 heteroatoms. The summed E-state index contributed by atoms with van der Waals surface area (Å²) in [6.07, 6.45) is 3.13. The van der Waals surface area contributed by atoms with Crippen molar-refractivity contribution in [3.8, 4) is 0 Å². The van der Waals surface area contributed by atoms with Gasteiger partial charge in [-0.15, -0.1) is 11.3 Å². The van der Waals surface area contributed by atoms with Crippen LogP contribution in [-0.4, -0.2) is 23.7 Å². The highest BCUT2D eigenvalue weighted by molar-refractivity contribution is 7.11. The Morgan fingerprint density at radius 2 is 2.00 bits per heavy atom. The lowest BCUT2D eigenvalue weighted by atomic mass is 9.86. The van der Waals surface area contributed by atoms with Gasteiger partial charge in [-0.1, -0.05) is 12.8 Å². The quantitative estimate of drug-likeness (QED) is 0.781. The van der Waals surface area contributed by atoms with E-state index in [4.69, 9.17) is 0 Å². The predicted octanol–water partition coefficient (Wildman–Crippen LogP) is 2.50. The number of aryl methyl sites for hydroxylation is 1. The number of thiophene rings is 1. The number of aliphatic carboxylic acids is 1. The molecule has 0 spiro atoms. The van der Waals surface area contributed by atoms with Gasteiger partial charge >= 0.3 is 12.0 Å². The molecule has 20 heavy (non-hydrogen) atoms. The smallest absolute Gasteiger partial charge is 0.315 e. The third kappa shape index (κ3) is 3.50. The number of amides is 2. The van der Waals surface area contributed by atoms with E-state index < -0.39 is 11.4 Å². The van der Waals surface area contributed by atoms with Crippen LogP contribution in [0.5, 0.6) is 0 Å². The maximum absolute atomic E-state index is 11.7. The summed E-state index contributed by atoms with van der Waals surface area (Å²) >= 11 is 1.64. The highest BCUT2D eigenvalue weighted by Gasteiger charge is 2.41. The Bertz CT molecular complexity index is 492. The Labute approximate surface area is 122 Å². The molecule has 3 N–H and O–H groups in total. The lowest BCUT2D eigenvalue weighted by Crippen LogP contribution is -2.44. The van der Waals surface area contributed by atoms with Gasteiger partial charge in [0.25, 0.3) is 0 Å². The molecule has 0 unspecified atom stereocenters. The number of carbonyl (C=O) groups is 2. The van der Waals surface area contributed by atoms with Gasteiger partial charge in [0.2, 0.25) is 0 Å². The van der Waals surface area contributed by atoms with Crippen molar-refractivity contribution in [2.24, 2.45) is 5.41 Å². The molecule has 1 saturated carbocycles. The molecule has 0 bridgehead atoms. The number of urea groups is 1. The van der Waals surface area contributed by atoms with Gasteiger partial charge in [0.15, 0.2) is 0 Å². The first-order chi connectivity index (χ1) is 9.52. The van der Waals surface area contributed by atoms with E-state index in [9.17, 15) is 14.7 Å². The number of carboxylic acids is 1. The largest absolute Gasteiger partial charge is 0.481 e. The zero-order chi connectivity index (χ0) is 14.6. The van der Waals surface area contributed by atoms with Crippen molar-refractivity contribution >= 4 is 23.3 Å². The van der Waals surface area contributed by atoms with Crippen LogP contribution in [0.4, 0.5) is 4.79 Å². The highest BCUT2D eigenvalue weighted by Crippen LogP contribution is 2.37. The maximum atomic E-state index is 11.7. The van der Waals surface area contributed by atoms with E-state index in [-0.39, 0.29) is 12.6 Å². The van der Waals surface area contributed by atoms with E-state index in [1.807, 2.05) is 19.1 Å². The van der Waals surface area contributed by atoms with Crippen LogP contribution in [0.3, 0.4) is 0 Å². The standard InChI is InChI=1S/C14H20N2O3S/c1-10-4-5-11(20-10)8-15-13(19)16-9-14(12(17)18)6-2-3-7-14/h4-5H,2-3,6-9H2,1H3,(H,17,18)(H2,15,16,19). The van der Waals surface area contributed by atoms with Crippen LogP contribution >= 0.6 is 11.3 Å². The molecule has 5 nitrogen and oxygen atoms in total. The molecule has 1 aliphatic rings. The van der Waals surface area contributed by atoms with E-state index in [2.05, 4.69) is 10.6 Å². The van der Waals surface area contributed by atoms with Crippen LogP contribution in [0.15, 0.2) is 12.1 Å². The fraction of sp³-hybridized carbons (Fsp3) is 0.571. The van der Waals surface area contributed by atoms with E-state index >= 15 is 0 Å². The summed E-state index contributed by atoms with van der Waals surface area (Å²) in [5, 5.41) is 14.8. The third-order valence-electron chi connectivity index (χ3n) is 3.82. The van der Waals surface area contributed by atoms with Gasteiger partial charge in [0, 0.05) is 16.3 Å². The van der Waals surface area contributed by atoms with E-state index in [1.165, 1.54) is 4.88 Å². The molecule has 0 aromatic carbocycles. The highest BCUT2D eigenvalue weighted by atomic mass is 32.1. The monoisotopic (exact) mass is 296 g/mol. The zero-order valence-corrected chi connectivity index (χ0v) is 12.4. The third-order valence-corrected chi connectivity index (χ3v) is 4.82. The van der Waals surface area contributed by atoms with E-state index in [0.717, 1.165) is 17.7 Å². The molecule has 1 heterocycles. The average molecular weight is 296 g/mol. The van der Waals surface area contributed by atoms with Gasteiger partial charge in [-0.3, -0.25) is 4.79 Å². The summed E-state index contributed by atoms with van der Waals surface area (Å²) in [6, 6.07) is 3.69. The minimum atomic E-state index is -0.802. The van der Waals surface area contributed by atoms with Crippen molar-refractivity contribution in [3.63, 3.8) is 0 Å². The lowest BCUT2D eigenvalue weighted by Gasteiger charge is -2.23. The number of carboxylic acid groups (broad SMARTS) is 1. The van der Waals surface area contributed by atoms with Crippen molar-refractivity contribution < 1.29 is 14.7 Å². The molecule has 1 aromatic heterocycles. The topological polar surface area (TPSA) is 78.4 Å². The van der Waals surface area contributed by atoms with Crippen molar-refractivity contribution in [1.29, 1.82) is 0 Å². The summed E-state index contributed by atoms with van der Waals surface area (Å²) in [5.41, 5.74) is -0.767. The van der Waals surface area contributed by atoms with Gasteiger partial charge in [-0.05, 0) is 31.9 Å². The van der Waals surface area contributed by atoms with Crippen molar-refractivity contribution in [1.82, 2.24) is 10.6 Å². The number of hydrogen-bond acceptors (Lipinski definition) is 3. The first-order valence-corrected chi connectivity index (χ1v) is 7.64. The molecular formula is C14H20N2O3S. The van der Waals surface area contributed by atoms with E-state index in [0.29, 0.717) is 19.4 Å². The van der Waals surface area contributed by atoms with Gasteiger partial charge in [0.05, 0.1) is 12.0 Å². The van der Waals surface area contributed by atoms with Crippen LogP contribution in [0.2, 0.25) is 0 Å². The first kappa shape index (κ1) is 14.8. The van der Waals surface area contributed by atoms with Gasteiger partial charge in [-0.2, -0.15) is 0 Å². The van der Waals surface area contributed by atoms with Crippen LogP contribution in [-0.2, 0) is 11.3 Å². The van der Waals surface area contributed by atoms with E-state index in [1.54, 1.807) is 11.3 Å². The second-order valence-corrected chi connectivity index (χ2v) is 6.71. The minimum Gasteiger partial charge on any atom is -0.481 e. The molecule has 1 fully saturated rings. The van der Waals surface area contributed by atoms with Crippen LogP contribution < -0.4 is 10.6 Å². The van der Waals surface area contributed by atoms with Gasteiger partial charge < -0.3 is 15.7 Å². The Hall–Kier alpha value is -1.56. The van der Waals surface area contributed by atoms with Crippen molar-refractivity contribution in [2.45, 2.75) is 39.2 Å². The second kappa shape index (κ2) is 6.26. The fourth-order valence-corrected chi connectivity index (χ4v) is 3.41. The Morgan fingerprint density at radius 3 is 2.55 bits per heavy atom. The molecule has 0 aliphatic heterocycles. The average Bonchev–Trinajstić information content (AvgIpc) is 3.03. The van der Waals surface area contributed by atoms with Gasteiger partial charge in [0.1, 0.15) is 0 Å². The Morgan fingerprint density at radius 1 is 1.30 bits per heavy atom.